The third-order valence-electron chi connectivity index (χ3n) is 3.90. The normalized spacial score (nSPS) is 20.1. The van der Waals surface area contributed by atoms with Gasteiger partial charge in [0, 0.05) is 25.7 Å². The van der Waals surface area contributed by atoms with E-state index in [0.717, 1.165) is 44.5 Å². The second kappa shape index (κ2) is 6.24. The number of nitrogens with one attached hydrogen (secondary N) is 1. The van der Waals surface area contributed by atoms with Crippen molar-refractivity contribution in [2.45, 2.75) is 25.7 Å². The molecule has 1 saturated carbocycles. The lowest BCUT2D eigenvalue weighted by atomic mass is 10.3. The molecule has 0 atom stereocenters. The summed E-state index contributed by atoms with van der Waals surface area (Å²) in [5, 5.41) is 3.42. The summed E-state index contributed by atoms with van der Waals surface area (Å²) in [6.45, 7) is 5.14. The highest BCUT2D eigenvalue weighted by atomic mass is 16.5. The zero-order valence-corrected chi connectivity index (χ0v) is 11.5. The lowest BCUT2D eigenvalue weighted by Gasteiger charge is -2.22. The van der Waals surface area contributed by atoms with Gasteiger partial charge in [-0.05, 0) is 25.3 Å². The maximum atomic E-state index is 5.81. The third kappa shape index (κ3) is 3.83. The van der Waals surface area contributed by atoms with Crippen molar-refractivity contribution in [3.63, 3.8) is 0 Å². The van der Waals surface area contributed by atoms with Crippen LogP contribution in [0.3, 0.4) is 0 Å². The van der Waals surface area contributed by atoms with Gasteiger partial charge < -0.3 is 15.0 Å². The van der Waals surface area contributed by atoms with E-state index in [4.69, 9.17) is 4.74 Å². The standard InChI is InChI=1S/C15H23N3O/c1-5-16-6-8-18(7-1)14-10-15(12-17-11-14)19-9-4-13-2-3-13/h10-13,16H,1-9H2. The smallest absolute Gasteiger partial charge is 0.139 e. The van der Waals surface area contributed by atoms with Gasteiger partial charge in [-0.2, -0.15) is 0 Å². The van der Waals surface area contributed by atoms with Gasteiger partial charge in [-0.3, -0.25) is 4.98 Å². The third-order valence-corrected chi connectivity index (χ3v) is 3.90. The lowest BCUT2D eigenvalue weighted by Crippen LogP contribution is -2.27. The Hall–Kier alpha value is -1.29. The van der Waals surface area contributed by atoms with Crippen LogP contribution < -0.4 is 15.0 Å². The van der Waals surface area contributed by atoms with Gasteiger partial charge in [0.2, 0.25) is 0 Å². The van der Waals surface area contributed by atoms with Gasteiger partial charge in [0.1, 0.15) is 5.75 Å². The van der Waals surface area contributed by atoms with Gasteiger partial charge in [-0.25, -0.2) is 0 Å². The predicted octanol–water partition coefficient (Wildman–Crippen LogP) is 2.06. The number of ether oxygens (including phenoxy) is 1. The van der Waals surface area contributed by atoms with E-state index in [0.29, 0.717) is 0 Å². The summed E-state index contributed by atoms with van der Waals surface area (Å²) in [6, 6.07) is 2.13. The molecule has 0 bridgehead atoms. The van der Waals surface area contributed by atoms with E-state index in [1.807, 2.05) is 12.4 Å². The first-order valence-corrected chi connectivity index (χ1v) is 7.45. The molecule has 0 aromatic carbocycles. The molecule has 19 heavy (non-hydrogen) atoms. The molecule has 1 saturated heterocycles. The van der Waals surface area contributed by atoms with Crippen LogP contribution in [0, 0.1) is 5.92 Å². The molecular weight excluding hydrogens is 238 g/mol. The second-order valence-electron chi connectivity index (χ2n) is 5.55. The molecule has 2 fully saturated rings. The van der Waals surface area contributed by atoms with E-state index in [1.54, 1.807) is 0 Å². The van der Waals surface area contributed by atoms with Crippen LogP contribution in [0.15, 0.2) is 18.5 Å². The van der Waals surface area contributed by atoms with E-state index in [1.165, 1.54) is 31.4 Å². The van der Waals surface area contributed by atoms with E-state index in [-0.39, 0.29) is 0 Å². The van der Waals surface area contributed by atoms with Crippen LogP contribution in [0.4, 0.5) is 5.69 Å². The Bertz CT molecular complexity index is 398. The number of nitrogens with zero attached hydrogens (tertiary/aromatic N) is 2. The number of rotatable bonds is 5. The van der Waals surface area contributed by atoms with Crippen molar-refractivity contribution in [3.8, 4) is 5.75 Å². The topological polar surface area (TPSA) is 37.4 Å². The summed E-state index contributed by atoms with van der Waals surface area (Å²) in [5.41, 5.74) is 1.19. The molecular formula is C15H23N3O. The fourth-order valence-electron chi connectivity index (χ4n) is 2.51. The van der Waals surface area contributed by atoms with Crippen LogP contribution in [0.1, 0.15) is 25.7 Å². The Labute approximate surface area is 115 Å². The van der Waals surface area contributed by atoms with E-state index < -0.39 is 0 Å². The number of hydrogen-bond acceptors (Lipinski definition) is 4. The maximum Gasteiger partial charge on any atom is 0.139 e. The molecule has 1 N–H and O–H groups in total. The SMILES string of the molecule is c1ncc(N2CCCNCC2)cc1OCCC1CC1. The van der Waals surface area contributed by atoms with E-state index in [9.17, 15) is 0 Å². The van der Waals surface area contributed by atoms with Crippen molar-refractivity contribution in [3.05, 3.63) is 18.5 Å². The Morgan fingerprint density at radius 3 is 3.11 bits per heavy atom. The second-order valence-corrected chi connectivity index (χ2v) is 5.55. The van der Waals surface area contributed by atoms with Crippen molar-refractivity contribution in [1.82, 2.24) is 10.3 Å². The average molecular weight is 261 g/mol. The largest absolute Gasteiger partial charge is 0.492 e. The van der Waals surface area contributed by atoms with Crippen LogP contribution in [-0.4, -0.2) is 37.8 Å². The van der Waals surface area contributed by atoms with Crippen molar-refractivity contribution in [1.29, 1.82) is 0 Å². The van der Waals surface area contributed by atoms with Gasteiger partial charge in [0.25, 0.3) is 0 Å². The minimum absolute atomic E-state index is 0.831. The average Bonchev–Trinajstić information content (AvgIpc) is 3.26. The Morgan fingerprint density at radius 2 is 2.21 bits per heavy atom. The Morgan fingerprint density at radius 1 is 1.26 bits per heavy atom. The molecule has 0 radical (unpaired) electrons. The molecule has 1 aliphatic heterocycles. The minimum atomic E-state index is 0.831. The molecule has 2 aliphatic rings. The first-order chi connectivity index (χ1) is 9.42. The van der Waals surface area contributed by atoms with Crippen LogP contribution in [-0.2, 0) is 0 Å². The zero-order chi connectivity index (χ0) is 12.9. The monoisotopic (exact) mass is 261 g/mol. The molecule has 2 heterocycles. The highest BCUT2D eigenvalue weighted by molar-refractivity contribution is 5.48. The first-order valence-electron chi connectivity index (χ1n) is 7.45. The Kier molecular flexibility index (Phi) is 4.18. The molecule has 1 aliphatic carbocycles. The van der Waals surface area contributed by atoms with Crippen LogP contribution in [0.5, 0.6) is 5.75 Å². The van der Waals surface area contributed by atoms with Gasteiger partial charge in [-0.15, -0.1) is 0 Å². The number of aromatic nitrogens is 1. The van der Waals surface area contributed by atoms with Gasteiger partial charge in [0.05, 0.1) is 24.7 Å². The molecule has 4 heteroatoms. The highest BCUT2D eigenvalue weighted by Gasteiger charge is 2.20. The Balaban J connectivity index is 1.57. The summed E-state index contributed by atoms with van der Waals surface area (Å²) in [4.78, 5) is 6.71. The first kappa shape index (κ1) is 12.7. The fourth-order valence-corrected chi connectivity index (χ4v) is 2.51. The van der Waals surface area contributed by atoms with Crippen molar-refractivity contribution >= 4 is 5.69 Å². The molecule has 104 valence electrons. The van der Waals surface area contributed by atoms with Crippen LogP contribution >= 0.6 is 0 Å². The molecule has 0 spiro atoms. The van der Waals surface area contributed by atoms with Gasteiger partial charge in [-0.1, -0.05) is 12.8 Å². The molecule has 0 amide bonds. The maximum absolute atomic E-state index is 5.81. The lowest BCUT2D eigenvalue weighted by molar-refractivity contribution is 0.301. The molecule has 0 unspecified atom stereocenters. The van der Waals surface area contributed by atoms with Gasteiger partial charge in [0.15, 0.2) is 0 Å². The summed E-state index contributed by atoms with van der Waals surface area (Å²) < 4.78 is 5.81. The summed E-state index contributed by atoms with van der Waals surface area (Å²) in [7, 11) is 0. The van der Waals surface area contributed by atoms with E-state index >= 15 is 0 Å². The molecule has 3 rings (SSSR count). The van der Waals surface area contributed by atoms with Crippen molar-refractivity contribution in [2.75, 3.05) is 37.7 Å². The fraction of sp³-hybridized carbons (Fsp3) is 0.667. The molecule has 1 aromatic rings. The van der Waals surface area contributed by atoms with Gasteiger partial charge >= 0.3 is 0 Å². The summed E-state index contributed by atoms with van der Waals surface area (Å²) in [6.07, 6.45) is 8.93. The van der Waals surface area contributed by atoms with Crippen LogP contribution in [0.2, 0.25) is 0 Å². The van der Waals surface area contributed by atoms with E-state index in [2.05, 4.69) is 21.3 Å². The quantitative estimate of drug-likeness (QED) is 0.880. The zero-order valence-electron chi connectivity index (χ0n) is 11.5. The molecule has 4 nitrogen and oxygen atoms in total. The summed E-state index contributed by atoms with van der Waals surface area (Å²) in [5.74, 6) is 1.84. The number of anilines is 1. The predicted molar refractivity (Wildman–Crippen MR) is 76.8 cm³/mol. The highest BCUT2D eigenvalue weighted by Crippen LogP contribution is 2.32. The minimum Gasteiger partial charge on any atom is -0.492 e. The van der Waals surface area contributed by atoms with Crippen molar-refractivity contribution in [2.24, 2.45) is 5.92 Å². The number of pyridine rings is 1. The van der Waals surface area contributed by atoms with Crippen LogP contribution in [0.25, 0.3) is 0 Å². The van der Waals surface area contributed by atoms with Crippen molar-refractivity contribution < 1.29 is 4.74 Å². The number of hydrogen-bond donors (Lipinski definition) is 1. The molecule has 1 aromatic heterocycles. The summed E-state index contributed by atoms with van der Waals surface area (Å²) >= 11 is 0.